The predicted molar refractivity (Wildman–Crippen MR) is 146 cm³/mol. The van der Waals surface area contributed by atoms with Gasteiger partial charge in [0.05, 0.1) is 24.0 Å². The Morgan fingerprint density at radius 1 is 1.00 bits per heavy atom. The number of nitrogens with two attached hydrogens (primary N) is 1. The van der Waals surface area contributed by atoms with Crippen molar-refractivity contribution in [2.75, 3.05) is 7.11 Å². The molecule has 2 atom stereocenters. The fourth-order valence-electron chi connectivity index (χ4n) is 8.87. The van der Waals surface area contributed by atoms with Crippen LogP contribution in [0.4, 0.5) is 0 Å². The summed E-state index contributed by atoms with van der Waals surface area (Å²) in [5.41, 5.74) is 0.364. The van der Waals surface area contributed by atoms with Crippen LogP contribution in [0, 0.1) is 16.7 Å². The van der Waals surface area contributed by atoms with Crippen molar-refractivity contribution < 1.29 is 44.3 Å². The Labute approximate surface area is 235 Å². The molecule has 0 saturated heterocycles. The number of aromatic hydroxyl groups is 2. The van der Waals surface area contributed by atoms with Crippen LogP contribution in [0.2, 0.25) is 0 Å². The topological polar surface area (TPSA) is 184 Å². The van der Waals surface area contributed by atoms with Gasteiger partial charge in [0.25, 0.3) is 5.91 Å². The quantitative estimate of drug-likeness (QED) is 0.342. The average molecular weight is 564 g/mol. The molecule has 10 heteroatoms. The highest BCUT2D eigenvalue weighted by molar-refractivity contribution is 6.30. The number of rotatable bonds is 2. The van der Waals surface area contributed by atoms with Crippen LogP contribution in [-0.4, -0.2) is 56.4 Å². The normalized spacial score (nSPS) is 27.3. The maximum atomic E-state index is 14.3. The molecule has 0 unspecified atom stereocenters. The number of fused-ring (bicyclic) bond motifs is 4. The van der Waals surface area contributed by atoms with Gasteiger partial charge < -0.3 is 30.9 Å². The number of carbonyl (C=O) groups excluding carboxylic acids is 4. The summed E-state index contributed by atoms with van der Waals surface area (Å²) in [7, 11) is 1.48. The monoisotopic (exact) mass is 563 g/mol. The van der Waals surface area contributed by atoms with Crippen molar-refractivity contribution in [1.82, 2.24) is 0 Å². The van der Waals surface area contributed by atoms with E-state index in [2.05, 4.69) is 27.7 Å². The van der Waals surface area contributed by atoms with Crippen molar-refractivity contribution in [3.8, 4) is 17.2 Å². The SMILES string of the molecule is COc1cc(O)c2c(O)c3c(c4c2c1C1(C4)C(C)(C)CCCC1(C)C)C(=O)[C@H]1CC(=O)C(C(N)=O)=C(O)[C@@]1(O)C3=O. The number of benzene rings is 2. The summed E-state index contributed by atoms with van der Waals surface area (Å²) in [6.07, 6.45) is 2.20. The van der Waals surface area contributed by atoms with E-state index in [4.69, 9.17) is 10.5 Å². The number of ether oxygens (including phenoxy) is 1. The van der Waals surface area contributed by atoms with E-state index in [-0.39, 0.29) is 28.2 Å². The van der Waals surface area contributed by atoms with Crippen molar-refractivity contribution in [2.24, 2.45) is 22.5 Å². The van der Waals surface area contributed by atoms with E-state index in [0.29, 0.717) is 16.7 Å². The lowest BCUT2D eigenvalue weighted by Crippen LogP contribution is -2.59. The average Bonchev–Trinajstić information content (AvgIpc) is 3.24. The second-order valence-corrected chi connectivity index (χ2v) is 13.2. The molecule has 0 heterocycles. The first-order valence-corrected chi connectivity index (χ1v) is 13.7. The Bertz CT molecular complexity index is 1680. The molecule has 41 heavy (non-hydrogen) atoms. The largest absolute Gasteiger partial charge is 0.508 e. The van der Waals surface area contributed by atoms with Crippen molar-refractivity contribution >= 4 is 34.0 Å². The summed E-state index contributed by atoms with van der Waals surface area (Å²) >= 11 is 0. The lowest BCUT2D eigenvalue weighted by Gasteiger charge is -2.59. The van der Waals surface area contributed by atoms with Crippen LogP contribution >= 0.6 is 0 Å². The minimum Gasteiger partial charge on any atom is -0.508 e. The Kier molecular flexibility index (Phi) is 5.24. The number of amides is 1. The van der Waals surface area contributed by atoms with Gasteiger partial charge in [0.1, 0.15) is 28.6 Å². The van der Waals surface area contributed by atoms with Gasteiger partial charge in [0.15, 0.2) is 17.2 Å². The van der Waals surface area contributed by atoms with Gasteiger partial charge in [-0.05, 0) is 35.7 Å². The molecular weight excluding hydrogens is 530 g/mol. The van der Waals surface area contributed by atoms with Gasteiger partial charge in [0, 0.05) is 34.4 Å². The molecule has 2 aromatic rings. The molecule has 6 rings (SSSR count). The Hall–Kier alpha value is -3.92. The highest BCUT2D eigenvalue weighted by Gasteiger charge is 2.65. The van der Waals surface area contributed by atoms with Gasteiger partial charge in [-0.3, -0.25) is 19.2 Å². The van der Waals surface area contributed by atoms with Crippen LogP contribution in [0.3, 0.4) is 0 Å². The summed E-state index contributed by atoms with van der Waals surface area (Å²) in [6, 6.07) is 1.38. The smallest absolute Gasteiger partial charge is 0.255 e. The van der Waals surface area contributed by atoms with Gasteiger partial charge >= 0.3 is 0 Å². The molecular formula is C31H33NO9. The first kappa shape index (κ1) is 27.3. The van der Waals surface area contributed by atoms with E-state index in [1.54, 1.807) is 0 Å². The zero-order chi connectivity index (χ0) is 30.2. The molecule has 0 radical (unpaired) electrons. The third-order valence-electron chi connectivity index (χ3n) is 10.8. The van der Waals surface area contributed by atoms with Gasteiger partial charge in [0.2, 0.25) is 5.78 Å². The molecule has 4 aliphatic rings. The zero-order valence-corrected chi connectivity index (χ0v) is 23.6. The van der Waals surface area contributed by atoms with Crippen LogP contribution in [0.15, 0.2) is 17.4 Å². The lowest BCUT2D eigenvalue weighted by molar-refractivity contribution is -0.124. The van der Waals surface area contributed by atoms with Crippen molar-refractivity contribution in [3.63, 3.8) is 0 Å². The highest BCUT2D eigenvalue weighted by Crippen LogP contribution is 2.69. The van der Waals surface area contributed by atoms with Crippen molar-refractivity contribution in [2.45, 2.75) is 70.8 Å². The summed E-state index contributed by atoms with van der Waals surface area (Å²) < 4.78 is 5.81. The Morgan fingerprint density at radius 2 is 1.61 bits per heavy atom. The Morgan fingerprint density at radius 3 is 2.17 bits per heavy atom. The molecule has 0 aliphatic heterocycles. The number of ketones is 3. The van der Waals surface area contributed by atoms with E-state index in [9.17, 15) is 39.6 Å². The highest BCUT2D eigenvalue weighted by atomic mass is 16.5. The van der Waals surface area contributed by atoms with Crippen molar-refractivity contribution in [1.29, 1.82) is 0 Å². The fraction of sp³-hybridized carbons (Fsp3) is 0.484. The predicted octanol–water partition coefficient (Wildman–Crippen LogP) is 3.29. The molecule has 1 amide bonds. The van der Waals surface area contributed by atoms with E-state index in [1.807, 2.05) is 0 Å². The summed E-state index contributed by atoms with van der Waals surface area (Å²) in [5.74, 6) is -8.19. The second kappa shape index (κ2) is 7.88. The molecule has 1 saturated carbocycles. The third-order valence-corrected chi connectivity index (χ3v) is 10.8. The number of primary amides is 1. The summed E-state index contributed by atoms with van der Waals surface area (Å²) in [6.45, 7) is 8.57. The minimum atomic E-state index is -3.00. The second-order valence-electron chi connectivity index (χ2n) is 13.2. The summed E-state index contributed by atoms with van der Waals surface area (Å²) in [5, 5.41) is 45.6. The van der Waals surface area contributed by atoms with Crippen LogP contribution in [0.1, 0.15) is 85.2 Å². The molecule has 0 bridgehead atoms. The Balaban J connectivity index is 1.77. The van der Waals surface area contributed by atoms with Crippen LogP contribution in [0.5, 0.6) is 17.2 Å². The maximum absolute atomic E-state index is 14.3. The molecule has 1 fully saturated rings. The molecule has 6 N–H and O–H groups in total. The molecule has 10 nitrogen and oxygen atoms in total. The first-order valence-electron chi connectivity index (χ1n) is 13.7. The number of aliphatic hydroxyl groups excluding tert-OH is 1. The first-order chi connectivity index (χ1) is 19.0. The maximum Gasteiger partial charge on any atom is 0.255 e. The number of carbonyl (C=O) groups is 4. The molecule has 216 valence electrons. The number of methoxy groups -OCH3 is 1. The molecule has 4 aliphatic carbocycles. The number of phenols is 2. The van der Waals surface area contributed by atoms with E-state index >= 15 is 0 Å². The van der Waals surface area contributed by atoms with Gasteiger partial charge in [-0.25, -0.2) is 0 Å². The van der Waals surface area contributed by atoms with E-state index in [1.165, 1.54) is 13.2 Å². The number of aliphatic hydroxyl groups is 2. The van der Waals surface area contributed by atoms with Crippen LogP contribution in [-0.2, 0) is 21.4 Å². The standard InChI is InChI=1S/C31H33NO9/c1-28(2)7-6-8-29(3,4)30(28)11-12-17-19(15(34)10-16(41-5)22(17)30)24(36)21-18(12)23(35)13-9-14(33)20(27(32)39)25(37)31(13,40)26(21)38/h10,13,34,36-37,40H,6-9,11H2,1-5H3,(H2,32,39)/t13-,31-/m1/s1. The molecule has 0 aromatic heterocycles. The number of Topliss-reactive ketones (excluding diaryl/α,β-unsaturated/α-hetero) is 3. The number of hydrogen-bond acceptors (Lipinski definition) is 9. The van der Waals surface area contributed by atoms with E-state index in [0.717, 1.165) is 24.8 Å². The summed E-state index contributed by atoms with van der Waals surface area (Å²) in [4.78, 5) is 53.1. The zero-order valence-electron chi connectivity index (χ0n) is 23.6. The van der Waals surface area contributed by atoms with Crippen LogP contribution in [0.25, 0.3) is 10.8 Å². The van der Waals surface area contributed by atoms with Crippen LogP contribution < -0.4 is 10.5 Å². The molecule has 2 aromatic carbocycles. The molecule has 1 spiro atoms. The lowest BCUT2D eigenvalue weighted by atomic mass is 9.44. The number of phenolic OH excluding ortho intramolecular Hbond substituents is 2. The third kappa shape index (κ3) is 2.86. The van der Waals surface area contributed by atoms with Gasteiger partial charge in [-0.1, -0.05) is 34.1 Å². The van der Waals surface area contributed by atoms with Gasteiger partial charge in [-0.15, -0.1) is 0 Å². The van der Waals surface area contributed by atoms with Crippen molar-refractivity contribution in [3.05, 3.63) is 39.7 Å². The minimum absolute atomic E-state index is 0.0720. The fourth-order valence-corrected chi connectivity index (χ4v) is 8.87. The number of hydrogen-bond donors (Lipinski definition) is 5. The van der Waals surface area contributed by atoms with E-state index < -0.39 is 75.0 Å². The van der Waals surface area contributed by atoms with Gasteiger partial charge in [-0.2, -0.15) is 0 Å².